The summed E-state index contributed by atoms with van der Waals surface area (Å²) in [6.07, 6.45) is 3.69. The topological polar surface area (TPSA) is 12.9 Å². The van der Waals surface area contributed by atoms with E-state index in [1.807, 2.05) is 12.4 Å². The Kier molecular flexibility index (Phi) is 4.57. The molecule has 0 radical (unpaired) electrons. The Balaban J connectivity index is 2.31. The maximum atomic E-state index is 4.07. The molecule has 1 aromatic heterocycles. The molecule has 2 aromatic rings. The largest absolute Gasteiger partial charge is 0.265 e. The van der Waals surface area contributed by atoms with E-state index in [1.165, 1.54) is 16.7 Å². The molecule has 1 aromatic carbocycles. The van der Waals surface area contributed by atoms with Gasteiger partial charge in [0.15, 0.2) is 0 Å². The van der Waals surface area contributed by atoms with Crippen molar-refractivity contribution in [1.29, 1.82) is 0 Å². The molecule has 0 aliphatic heterocycles. The number of hydrogen-bond donors (Lipinski definition) is 0. The molecule has 1 nitrogen and oxygen atoms in total. The molecule has 94 valence electrons. The second-order valence-electron chi connectivity index (χ2n) is 4.47. The third-order valence-electron chi connectivity index (χ3n) is 3.21. The van der Waals surface area contributed by atoms with Crippen molar-refractivity contribution in [2.45, 2.75) is 24.6 Å². The highest BCUT2D eigenvalue weighted by atomic mass is 79.9. The molecule has 0 aliphatic carbocycles. The van der Waals surface area contributed by atoms with Gasteiger partial charge in [-0.1, -0.05) is 44.8 Å². The summed E-state index contributed by atoms with van der Waals surface area (Å²) in [7, 11) is 0. The predicted molar refractivity (Wildman–Crippen MR) is 83.2 cm³/mol. The van der Waals surface area contributed by atoms with Gasteiger partial charge in [-0.3, -0.25) is 4.98 Å². The van der Waals surface area contributed by atoms with Gasteiger partial charge in [-0.05, 0) is 53.8 Å². The zero-order valence-corrected chi connectivity index (χ0v) is 13.6. The van der Waals surface area contributed by atoms with E-state index >= 15 is 0 Å². The molecule has 0 spiro atoms. The lowest BCUT2D eigenvalue weighted by Gasteiger charge is -2.21. The minimum Gasteiger partial charge on any atom is -0.265 e. The van der Waals surface area contributed by atoms with Gasteiger partial charge >= 0.3 is 0 Å². The smallest absolute Gasteiger partial charge is 0.0464 e. The Bertz CT molecular complexity index is 525. The van der Waals surface area contributed by atoms with Crippen LogP contribution in [0.4, 0.5) is 0 Å². The van der Waals surface area contributed by atoms with Crippen molar-refractivity contribution in [3.05, 3.63) is 63.9 Å². The summed E-state index contributed by atoms with van der Waals surface area (Å²) in [5, 5.41) is 0. The lowest BCUT2D eigenvalue weighted by molar-refractivity contribution is 0.746. The molecule has 0 N–H and O–H groups in total. The minimum absolute atomic E-state index is 0.303. The summed E-state index contributed by atoms with van der Waals surface area (Å²) in [6, 6.07) is 10.6. The van der Waals surface area contributed by atoms with Gasteiger partial charge in [-0.2, -0.15) is 0 Å². The number of aromatic nitrogens is 1. The summed E-state index contributed by atoms with van der Waals surface area (Å²) in [4.78, 5) is 4.37. The summed E-state index contributed by atoms with van der Waals surface area (Å²) in [5.41, 5.74) is 3.93. The monoisotopic (exact) mass is 367 g/mol. The maximum absolute atomic E-state index is 4.07. The average molecular weight is 369 g/mol. The molecule has 0 fully saturated rings. The van der Waals surface area contributed by atoms with Crippen molar-refractivity contribution in [2.75, 3.05) is 0 Å². The SMILES string of the molecule is Cc1ccc(Br)cc1C(Br)C(C)c1ccncc1. The van der Waals surface area contributed by atoms with Crippen LogP contribution in [0.5, 0.6) is 0 Å². The highest BCUT2D eigenvalue weighted by Crippen LogP contribution is 2.39. The van der Waals surface area contributed by atoms with E-state index in [0.29, 0.717) is 10.7 Å². The summed E-state index contributed by atoms with van der Waals surface area (Å²) < 4.78 is 1.12. The van der Waals surface area contributed by atoms with E-state index < -0.39 is 0 Å². The van der Waals surface area contributed by atoms with Gasteiger partial charge < -0.3 is 0 Å². The third kappa shape index (κ3) is 3.01. The maximum Gasteiger partial charge on any atom is 0.0464 e. The van der Waals surface area contributed by atoms with Gasteiger partial charge in [-0.25, -0.2) is 0 Å². The van der Waals surface area contributed by atoms with Crippen LogP contribution in [0.2, 0.25) is 0 Å². The van der Waals surface area contributed by atoms with Crippen molar-refractivity contribution in [2.24, 2.45) is 0 Å². The number of hydrogen-bond acceptors (Lipinski definition) is 1. The summed E-state index contributed by atoms with van der Waals surface area (Å²) in [6.45, 7) is 4.38. The van der Waals surface area contributed by atoms with Crippen LogP contribution in [-0.4, -0.2) is 4.98 Å². The Hall–Kier alpha value is -0.670. The van der Waals surface area contributed by atoms with Crippen LogP contribution >= 0.6 is 31.9 Å². The van der Waals surface area contributed by atoms with E-state index in [4.69, 9.17) is 0 Å². The first-order valence-electron chi connectivity index (χ1n) is 5.89. The van der Waals surface area contributed by atoms with Crippen molar-refractivity contribution in [3.63, 3.8) is 0 Å². The van der Waals surface area contributed by atoms with Crippen molar-refractivity contribution < 1.29 is 0 Å². The fourth-order valence-electron chi connectivity index (χ4n) is 2.01. The average Bonchev–Trinajstić information content (AvgIpc) is 2.41. The van der Waals surface area contributed by atoms with Crippen molar-refractivity contribution in [3.8, 4) is 0 Å². The molecule has 0 bridgehead atoms. The molecule has 0 aliphatic rings. The van der Waals surface area contributed by atoms with Crippen LogP contribution in [0.1, 0.15) is 34.4 Å². The third-order valence-corrected chi connectivity index (χ3v) is 4.99. The second-order valence-corrected chi connectivity index (χ2v) is 6.37. The van der Waals surface area contributed by atoms with Gasteiger partial charge in [0, 0.05) is 21.7 Å². The van der Waals surface area contributed by atoms with Crippen LogP contribution in [-0.2, 0) is 0 Å². The van der Waals surface area contributed by atoms with Gasteiger partial charge in [0.1, 0.15) is 0 Å². The number of nitrogens with zero attached hydrogens (tertiary/aromatic N) is 1. The van der Waals surface area contributed by atoms with Crippen LogP contribution in [0, 0.1) is 6.92 Å². The summed E-state index contributed by atoms with van der Waals surface area (Å²) in [5.74, 6) is 0.404. The molecular weight excluding hydrogens is 354 g/mol. The van der Waals surface area contributed by atoms with Gasteiger partial charge in [0.2, 0.25) is 0 Å². The molecule has 2 rings (SSSR count). The number of pyridine rings is 1. The summed E-state index contributed by atoms with van der Waals surface area (Å²) >= 11 is 7.37. The van der Waals surface area contributed by atoms with Crippen LogP contribution in [0.3, 0.4) is 0 Å². The number of aryl methyl sites for hydroxylation is 1. The normalized spacial score (nSPS) is 14.2. The molecule has 2 unspecified atom stereocenters. The lowest BCUT2D eigenvalue weighted by atomic mass is 9.92. The van der Waals surface area contributed by atoms with E-state index in [2.05, 4.69) is 81.0 Å². The fraction of sp³-hybridized carbons (Fsp3) is 0.267. The molecule has 3 heteroatoms. The minimum atomic E-state index is 0.303. The fourth-order valence-corrected chi connectivity index (χ4v) is 3.19. The zero-order chi connectivity index (χ0) is 13.1. The lowest BCUT2D eigenvalue weighted by Crippen LogP contribution is -2.04. The predicted octanol–water partition coefficient (Wildman–Crippen LogP) is 5.39. The van der Waals surface area contributed by atoms with Gasteiger partial charge in [0.25, 0.3) is 0 Å². The highest BCUT2D eigenvalue weighted by Gasteiger charge is 2.19. The number of halogens is 2. The first-order valence-corrected chi connectivity index (χ1v) is 7.60. The Morgan fingerprint density at radius 3 is 2.44 bits per heavy atom. The van der Waals surface area contributed by atoms with Crippen LogP contribution in [0.25, 0.3) is 0 Å². The van der Waals surface area contributed by atoms with E-state index in [9.17, 15) is 0 Å². The first-order chi connectivity index (χ1) is 8.59. The standard InChI is InChI=1S/C15H15Br2N/c1-10-3-4-13(16)9-14(10)15(17)11(2)12-5-7-18-8-6-12/h3-9,11,15H,1-2H3. The number of rotatable bonds is 3. The number of benzene rings is 1. The van der Waals surface area contributed by atoms with Crippen LogP contribution in [0.15, 0.2) is 47.2 Å². The molecule has 2 atom stereocenters. The van der Waals surface area contributed by atoms with E-state index in [0.717, 1.165) is 4.47 Å². The molecular formula is C15H15Br2N. The molecule has 1 heterocycles. The molecule has 18 heavy (non-hydrogen) atoms. The second kappa shape index (κ2) is 5.98. The highest BCUT2D eigenvalue weighted by molar-refractivity contribution is 9.10. The number of alkyl halides is 1. The van der Waals surface area contributed by atoms with Crippen molar-refractivity contribution >= 4 is 31.9 Å². The molecule has 0 saturated carbocycles. The van der Waals surface area contributed by atoms with Crippen LogP contribution < -0.4 is 0 Å². The Morgan fingerprint density at radius 1 is 1.11 bits per heavy atom. The quantitative estimate of drug-likeness (QED) is 0.661. The van der Waals surface area contributed by atoms with Gasteiger partial charge in [0.05, 0.1) is 0 Å². The van der Waals surface area contributed by atoms with Crippen molar-refractivity contribution in [1.82, 2.24) is 4.98 Å². The Morgan fingerprint density at radius 2 is 1.78 bits per heavy atom. The van der Waals surface area contributed by atoms with E-state index in [1.54, 1.807) is 0 Å². The van der Waals surface area contributed by atoms with E-state index in [-0.39, 0.29) is 0 Å². The zero-order valence-electron chi connectivity index (χ0n) is 10.4. The van der Waals surface area contributed by atoms with Gasteiger partial charge in [-0.15, -0.1) is 0 Å². The Labute approximate surface area is 125 Å². The molecule has 0 saturated heterocycles. The first kappa shape index (κ1) is 13.8. The molecule has 0 amide bonds.